The Bertz CT molecular complexity index is 1250. The lowest BCUT2D eigenvalue weighted by Gasteiger charge is -2.35. The van der Waals surface area contributed by atoms with Crippen molar-refractivity contribution >= 4 is 41.1 Å². The molecule has 0 unspecified atom stereocenters. The van der Waals surface area contributed by atoms with Crippen LogP contribution in [0.3, 0.4) is 0 Å². The summed E-state index contributed by atoms with van der Waals surface area (Å²) in [5, 5.41) is 6.14. The van der Waals surface area contributed by atoms with Crippen molar-refractivity contribution in [3.8, 4) is 5.75 Å². The van der Waals surface area contributed by atoms with E-state index < -0.39 is 0 Å². The van der Waals surface area contributed by atoms with Crippen LogP contribution >= 0.6 is 0 Å². The molecule has 45 heavy (non-hydrogen) atoms. The summed E-state index contributed by atoms with van der Waals surface area (Å²) in [6.07, 6.45) is 4.00. The van der Waals surface area contributed by atoms with Gasteiger partial charge in [-0.1, -0.05) is 26.5 Å². The summed E-state index contributed by atoms with van der Waals surface area (Å²) in [7, 11) is 3.30. The zero-order valence-electron chi connectivity index (χ0n) is 27.2. The molecule has 1 saturated heterocycles. The second-order valence-electron chi connectivity index (χ2n) is 9.70. The van der Waals surface area contributed by atoms with E-state index in [4.69, 9.17) is 18.9 Å². The minimum atomic E-state index is -0.131. The number of hydrogen-bond acceptors (Lipinski definition) is 11. The number of piperazine rings is 1. The number of nitrogens with zero attached hydrogens (tertiary/aromatic N) is 4. The van der Waals surface area contributed by atoms with Crippen LogP contribution in [0.15, 0.2) is 31.0 Å². The van der Waals surface area contributed by atoms with Crippen LogP contribution in [0.1, 0.15) is 52.4 Å². The van der Waals surface area contributed by atoms with Gasteiger partial charge in [-0.2, -0.15) is 4.98 Å². The first-order valence-corrected chi connectivity index (χ1v) is 15.3. The van der Waals surface area contributed by atoms with Crippen LogP contribution < -0.4 is 15.4 Å². The molecule has 1 aliphatic heterocycles. The molecule has 1 aliphatic rings. The van der Waals surface area contributed by atoms with Crippen LogP contribution in [0.25, 0.3) is 6.08 Å². The van der Waals surface area contributed by atoms with Crippen molar-refractivity contribution in [3.63, 3.8) is 0 Å². The molecule has 1 aromatic heterocycles. The molecule has 2 heterocycles. The van der Waals surface area contributed by atoms with Crippen LogP contribution in [0.4, 0.5) is 17.5 Å². The van der Waals surface area contributed by atoms with Gasteiger partial charge < -0.3 is 39.4 Å². The third-order valence-electron chi connectivity index (χ3n) is 6.69. The predicted octanol–water partition coefficient (Wildman–Crippen LogP) is 4.14. The highest BCUT2D eigenvalue weighted by molar-refractivity contribution is 5.95. The Hall–Kier alpha value is -4.07. The number of benzene rings is 1. The molecular weight excluding hydrogens is 580 g/mol. The molecule has 3 rings (SSSR count). The van der Waals surface area contributed by atoms with Gasteiger partial charge in [-0.25, -0.2) is 4.98 Å². The number of carbonyl (C=O) groups excluding carboxylic acids is 3. The molecule has 1 aromatic carbocycles. The molecule has 0 saturated carbocycles. The summed E-state index contributed by atoms with van der Waals surface area (Å²) >= 11 is 0. The van der Waals surface area contributed by atoms with E-state index in [9.17, 15) is 14.4 Å². The first-order valence-electron chi connectivity index (χ1n) is 15.3. The Kier molecular flexibility index (Phi) is 17.2. The fourth-order valence-corrected chi connectivity index (χ4v) is 4.27. The summed E-state index contributed by atoms with van der Waals surface area (Å²) in [6, 6.07) is 5.16. The Labute approximate surface area is 269 Å². The topological polar surface area (TPSA) is 144 Å². The van der Waals surface area contributed by atoms with Gasteiger partial charge in [0, 0.05) is 59.8 Å². The summed E-state index contributed by atoms with van der Waals surface area (Å²) < 4.78 is 21.7. The molecule has 13 heteroatoms. The van der Waals surface area contributed by atoms with E-state index in [0.29, 0.717) is 101 Å². The molecule has 0 atom stereocenters. The molecule has 0 bridgehead atoms. The lowest BCUT2D eigenvalue weighted by atomic mass is 10.1. The van der Waals surface area contributed by atoms with Gasteiger partial charge in [-0.3, -0.25) is 14.4 Å². The maximum absolute atomic E-state index is 13.2. The van der Waals surface area contributed by atoms with Gasteiger partial charge in [0.15, 0.2) is 0 Å². The Morgan fingerprint density at radius 2 is 1.56 bits per heavy atom. The van der Waals surface area contributed by atoms with Gasteiger partial charge in [-0.05, 0) is 25.1 Å². The maximum Gasteiger partial charge on any atom is 0.254 e. The highest BCUT2D eigenvalue weighted by Gasteiger charge is 2.25. The first-order chi connectivity index (χ1) is 21.9. The van der Waals surface area contributed by atoms with Crippen molar-refractivity contribution in [2.24, 2.45) is 0 Å². The second-order valence-corrected chi connectivity index (χ2v) is 9.70. The van der Waals surface area contributed by atoms with Crippen LogP contribution in [0, 0.1) is 0 Å². The lowest BCUT2D eigenvalue weighted by Crippen LogP contribution is -2.50. The van der Waals surface area contributed by atoms with Crippen molar-refractivity contribution in [1.82, 2.24) is 19.8 Å². The Morgan fingerprint density at radius 3 is 2.13 bits per heavy atom. The van der Waals surface area contributed by atoms with E-state index in [1.165, 1.54) is 14.0 Å². The monoisotopic (exact) mass is 632 g/mol. The van der Waals surface area contributed by atoms with E-state index in [1.54, 1.807) is 47.3 Å². The quantitative estimate of drug-likeness (QED) is 0.229. The molecule has 2 amide bonds. The van der Waals surface area contributed by atoms with Crippen LogP contribution in [-0.4, -0.2) is 117 Å². The molecule has 252 valence electrons. The second kappa shape index (κ2) is 20.8. The third kappa shape index (κ3) is 12.4. The van der Waals surface area contributed by atoms with Crippen molar-refractivity contribution in [2.45, 2.75) is 33.6 Å². The number of methoxy groups -OCH3 is 1. The number of hydrogen-bond donors (Lipinski definition) is 2. The van der Waals surface area contributed by atoms with Crippen molar-refractivity contribution in [1.29, 1.82) is 0 Å². The minimum Gasteiger partial charge on any atom is -0.495 e. The summed E-state index contributed by atoms with van der Waals surface area (Å²) in [6.45, 7) is 13.4. The SMILES string of the molecule is C=Cc1cnc(Nc2ccc(C(=O)N3CCN(C(=O)CCOCCOCCOCCC(C)=O)CC3)cc2OC)nc1NC.CC.[HH].[HH]. The van der Waals surface area contributed by atoms with Crippen molar-refractivity contribution in [3.05, 3.63) is 42.1 Å². The fraction of sp³-hybridized carbons (Fsp3) is 0.531. The normalized spacial score (nSPS) is 12.6. The van der Waals surface area contributed by atoms with Gasteiger partial charge in [0.05, 0.1) is 58.9 Å². The fourth-order valence-electron chi connectivity index (χ4n) is 4.27. The summed E-state index contributed by atoms with van der Waals surface area (Å²) in [5.41, 5.74) is 1.88. The van der Waals surface area contributed by atoms with Gasteiger partial charge >= 0.3 is 0 Å². The average Bonchev–Trinajstić information content (AvgIpc) is 3.07. The van der Waals surface area contributed by atoms with E-state index >= 15 is 0 Å². The number of ketones is 1. The largest absolute Gasteiger partial charge is 0.495 e. The maximum atomic E-state index is 13.2. The number of ether oxygens (including phenoxy) is 4. The van der Waals surface area contributed by atoms with Gasteiger partial charge in [0.25, 0.3) is 5.91 Å². The highest BCUT2D eigenvalue weighted by Crippen LogP contribution is 2.29. The van der Waals surface area contributed by atoms with Gasteiger partial charge in [0.2, 0.25) is 11.9 Å². The Morgan fingerprint density at radius 1 is 0.956 bits per heavy atom. The van der Waals surface area contributed by atoms with Crippen molar-refractivity contribution in [2.75, 3.05) is 90.6 Å². The summed E-state index contributed by atoms with van der Waals surface area (Å²) in [4.78, 5) is 48.9. The zero-order chi connectivity index (χ0) is 33.0. The summed E-state index contributed by atoms with van der Waals surface area (Å²) in [5.74, 6) is 1.44. The number of nitrogens with one attached hydrogen (secondary N) is 2. The van der Waals surface area contributed by atoms with Gasteiger partial charge in [0.1, 0.15) is 17.4 Å². The average molecular weight is 633 g/mol. The zero-order valence-corrected chi connectivity index (χ0v) is 27.2. The standard InChI is InChI=1S/C30H42N6O7.C2H6.2H2/c1-5-23-21-32-30(34-28(23)31-3)33-25-7-6-24(20-26(25)40-4)29(39)36-12-10-35(11-13-36)27(38)9-15-42-17-19-43-18-16-41-14-8-22(2)37;1-2;;/h5-7,20-21H,1,8-19H2,2-4H3,(H2,31,32,33,34);1-2H3;2*1H. The van der Waals surface area contributed by atoms with E-state index in [2.05, 4.69) is 27.2 Å². The molecule has 0 radical (unpaired) electrons. The number of anilines is 3. The molecule has 2 aromatic rings. The van der Waals surface area contributed by atoms with Crippen molar-refractivity contribution < 1.29 is 36.2 Å². The number of aromatic nitrogens is 2. The van der Waals surface area contributed by atoms with Crippen LogP contribution in [0.2, 0.25) is 0 Å². The van der Waals surface area contributed by atoms with Crippen LogP contribution in [0.5, 0.6) is 5.75 Å². The highest BCUT2D eigenvalue weighted by atomic mass is 16.5. The number of Topliss-reactive ketones (excluding diaryl/α,β-unsaturated/α-hetero) is 1. The first kappa shape index (κ1) is 37.1. The molecular formula is C32H52N6O7. The van der Waals surface area contributed by atoms with Gasteiger partial charge in [-0.15, -0.1) is 0 Å². The van der Waals surface area contributed by atoms with Crippen LogP contribution in [-0.2, 0) is 23.8 Å². The number of rotatable bonds is 18. The third-order valence-corrected chi connectivity index (χ3v) is 6.69. The lowest BCUT2D eigenvalue weighted by molar-refractivity contribution is -0.134. The molecule has 0 spiro atoms. The molecule has 1 fully saturated rings. The smallest absolute Gasteiger partial charge is 0.254 e. The minimum absolute atomic E-state index is 0. The Balaban J connectivity index is 0.00000519. The molecule has 0 aliphatic carbocycles. The predicted molar refractivity (Wildman–Crippen MR) is 178 cm³/mol. The molecule has 13 nitrogen and oxygen atoms in total. The van der Waals surface area contributed by atoms with E-state index in [0.717, 1.165) is 5.56 Å². The van der Waals surface area contributed by atoms with E-state index in [1.807, 2.05) is 13.8 Å². The number of amides is 2. The molecule has 2 N–H and O–H groups in total. The number of carbonyl (C=O) groups is 3. The van der Waals surface area contributed by atoms with E-state index in [-0.39, 0.29) is 26.9 Å².